The molecule has 2 heterocycles. The minimum absolute atomic E-state index is 0.00775. The van der Waals surface area contributed by atoms with E-state index in [1.807, 2.05) is 17.7 Å². The first kappa shape index (κ1) is 21.5. The van der Waals surface area contributed by atoms with Crippen molar-refractivity contribution in [2.24, 2.45) is 0 Å². The van der Waals surface area contributed by atoms with E-state index >= 15 is 0 Å². The topological polar surface area (TPSA) is 118 Å². The number of aromatic nitrogens is 3. The number of fused-ring (bicyclic) bond motifs is 1. The third-order valence-electron chi connectivity index (χ3n) is 4.96. The van der Waals surface area contributed by atoms with Crippen molar-refractivity contribution in [2.75, 3.05) is 26.1 Å². The summed E-state index contributed by atoms with van der Waals surface area (Å²) < 4.78 is 52.1. The Morgan fingerprint density at radius 2 is 1.72 bits per heavy atom. The quantitative estimate of drug-likeness (QED) is 0.428. The van der Waals surface area contributed by atoms with Crippen LogP contribution in [0.4, 0.5) is 5.82 Å². The molecule has 0 unspecified atom stereocenters. The molecule has 4 aromatic rings. The molecule has 168 valence electrons. The minimum atomic E-state index is -4.13. The summed E-state index contributed by atoms with van der Waals surface area (Å²) in [5.74, 6) is 0.668. The van der Waals surface area contributed by atoms with E-state index in [0.717, 1.165) is 11.3 Å². The van der Waals surface area contributed by atoms with Gasteiger partial charge in [0.05, 0.1) is 27.9 Å². The molecular weight excluding hydrogens is 436 g/mol. The summed E-state index contributed by atoms with van der Waals surface area (Å²) in [6, 6.07) is 10.2. The summed E-state index contributed by atoms with van der Waals surface area (Å²) in [5.41, 5.74) is 2.23. The van der Waals surface area contributed by atoms with Crippen LogP contribution < -0.4 is 18.9 Å². The number of nitrogens with zero attached hydrogens (tertiary/aromatic N) is 3. The minimum Gasteiger partial charge on any atom is -0.496 e. The molecule has 2 aromatic carbocycles. The fraction of sp³-hybridized carbons (Fsp3) is 0.238. The Morgan fingerprint density at radius 1 is 1.03 bits per heavy atom. The molecule has 0 fully saturated rings. The molecule has 0 saturated carbocycles. The highest BCUT2D eigenvalue weighted by Crippen LogP contribution is 2.38. The van der Waals surface area contributed by atoms with Crippen molar-refractivity contribution < 1.29 is 27.2 Å². The van der Waals surface area contributed by atoms with Gasteiger partial charge < -0.3 is 18.7 Å². The van der Waals surface area contributed by atoms with E-state index in [4.69, 9.17) is 18.7 Å². The summed E-state index contributed by atoms with van der Waals surface area (Å²) in [6.07, 6.45) is 1.72. The molecule has 0 aliphatic rings. The molecule has 0 aliphatic heterocycles. The molecule has 0 bridgehead atoms. The van der Waals surface area contributed by atoms with Crippen molar-refractivity contribution in [3.8, 4) is 17.2 Å². The monoisotopic (exact) mass is 458 g/mol. The summed E-state index contributed by atoms with van der Waals surface area (Å²) in [5, 5.41) is 8.61. The predicted molar refractivity (Wildman–Crippen MR) is 117 cm³/mol. The van der Waals surface area contributed by atoms with E-state index in [9.17, 15) is 8.42 Å². The number of rotatable bonds is 8. The van der Waals surface area contributed by atoms with Crippen LogP contribution in [0.1, 0.15) is 11.3 Å². The van der Waals surface area contributed by atoms with Crippen LogP contribution in [-0.2, 0) is 16.6 Å². The number of hydrogen-bond donors (Lipinski definition) is 1. The third kappa shape index (κ3) is 3.82. The van der Waals surface area contributed by atoms with E-state index in [2.05, 4.69) is 15.0 Å². The number of hydrogen-bond acceptors (Lipinski definition) is 8. The van der Waals surface area contributed by atoms with Gasteiger partial charge in [-0.2, -0.15) is 5.10 Å². The predicted octanol–water partition coefficient (Wildman–Crippen LogP) is 3.21. The Kier molecular flexibility index (Phi) is 5.66. The number of ether oxygens (including phenoxy) is 3. The maximum atomic E-state index is 13.2. The largest absolute Gasteiger partial charge is 0.496 e. The number of nitrogens with one attached hydrogen (secondary N) is 1. The molecule has 0 atom stereocenters. The summed E-state index contributed by atoms with van der Waals surface area (Å²) >= 11 is 0. The Hall–Kier alpha value is -3.73. The first-order valence-electron chi connectivity index (χ1n) is 9.56. The molecule has 0 aliphatic carbocycles. The average Bonchev–Trinajstić information content (AvgIpc) is 3.38. The second-order valence-electron chi connectivity index (χ2n) is 6.93. The standard InChI is InChI=1S/C21H22N4O6S/c1-13-8-9-22-25(13)12-14-10-17(30-4)19-18(11-14)31-23-21(19)24-32(26,27)20-15(28-2)6-5-7-16(20)29-3/h5-11H,12H2,1-4H3,(H,23,24). The maximum absolute atomic E-state index is 13.2. The zero-order chi connectivity index (χ0) is 22.9. The van der Waals surface area contributed by atoms with Gasteiger partial charge in [-0.05, 0) is 42.8 Å². The van der Waals surface area contributed by atoms with Gasteiger partial charge in [0.25, 0.3) is 10.0 Å². The van der Waals surface area contributed by atoms with Crippen LogP contribution in [-0.4, -0.2) is 44.7 Å². The lowest BCUT2D eigenvalue weighted by Gasteiger charge is -2.14. The van der Waals surface area contributed by atoms with E-state index in [1.165, 1.54) is 33.5 Å². The van der Waals surface area contributed by atoms with Crippen molar-refractivity contribution in [2.45, 2.75) is 18.4 Å². The lowest BCUT2D eigenvalue weighted by molar-refractivity contribution is 0.373. The van der Waals surface area contributed by atoms with E-state index < -0.39 is 10.0 Å². The molecule has 32 heavy (non-hydrogen) atoms. The van der Waals surface area contributed by atoms with E-state index in [0.29, 0.717) is 23.3 Å². The number of aryl methyl sites for hydroxylation is 1. The van der Waals surface area contributed by atoms with Crippen LogP contribution in [0, 0.1) is 6.92 Å². The fourth-order valence-electron chi connectivity index (χ4n) is 3.41. The number of anilines is 1. The van der Waals surface area contributed by atoms with Gasteiger partial charge in [0.15, 0.2) is 16.3 Å². The second kappa shape index (κ2) is 8.42. The van der Waals surface area contributed by atoms with E-state index in [-0.39, 0.29) is 22.2 Å². The SMILES string of the molecule is COc1cccc(OC)c1S(=O)(=O)Nc1noc2cc(Cn3nccc3C)cc(OC)c12. The summed E-state index contributed by atoms with van der Waals surface area (Å²) in [7, 11) is 0.118. The lowest BCUT2D eigenvalue weighted by Crippen LogP contribution is -2.15. The van der Waals surface area contributed by atoms with Crippen LogP contribution in [0.5, 0.6) is 17.2 Å². The first-order chi connectivity index (χ1) is 15.4. The summed E-state index contributed by atoms with van der Waals surface area (Å²) in [4.78, 5) is -0.147. The smallest absolute Gasteiger partial charge is 0.270 e. The highest BCUT2D eigenvalue weighted by atomic mass is 32.2. The van der Waals surface area contributed by atoms with Crippen molar-refractivity contribution in [1.29, 1.82) is 0 Å². The molecule has 11 heteroatoms. The van der Waals surface area contributed by atoms with Crippen LogP contribution >= 0.6 is 0 Å². The highest BCUT2D eigenvalue weighted by Gasteiger charge is 2.28. The van der Waals surface area contributed by atoms with Crippen LogP contribution in [0.2, 0.25) is 0 Å². The zero-order valence-corrected chi connectivity index (χ0v) is 18.8. The first-order valence-corrected chi connectivity index (χ1v) is 11.0. The average molecular weight is 458 g/mol. The molecule has 0 saturated heterocycles. The Bertz CT molecular complexity index is 1350. The summed E-state index contributed by atoms with van der Waals surface area (Å²) in [6.45, 7) is 2.45. The lowest BCUT2D eigenvalue weighted by atomic mass is 10.1. The second-order valence-corrected chi connectivity index (χ2v) is 8.55. The van der Waals surface area contributed by atoms with Gasteiger partial charge in [-0.15, -0.1) is 0 Å². The molecule has 0 amide bonds. The fourth-order valence-corrected chi connectivity index (χ4v) is 4.74. The van der Waals surface area contributed by atoms with Crippen molar-refractivity contribution in [3.05, 3.63) is 53.9 Å². The Balaban J connectivity index is 1.75. The number of benzene rings is 2. The van der Waals surface area contributed by atoms with Gasteiger partial charge in [-0.25, -0.2) is 8.42 Å². The van der Waals surface area contributed by atoms with Gasteiger partial charge in [0.2, 0.25) is 0 Å². The van der Waals surface area contributed by atoms with Crippen molar-refractivity contribution >= 4 is 26.8 Å². The maximum Gasteiger partial charge on any atom is 0.270 e. The van der Waals surface area contributed by atoms with Gasteiger partial charge in [0.1, 0.15) is 22.6 Å². The third-order valence-corrected chi connectivity index (χ3v) is 6.36. The van der Waals surface area contributed by atoms with Crippen molar-refractivity contribution in [1.82, 2.24) is 14.9 Å². The molecular formula is C21H22N4O6S. The van der Waals surface area contributed by atoms with Gasteiger partial charge >= 0.3 is 0 Å². The van der Waals surface area contributed by atoms with Gasteiger partial charge in [-0.1, -0.05) is 11.2 Å². The Labute approximate surface area is 184 Å². The van der Waals surface area contributed by atoms with Crippen LogP contribution in [0.25, 0.3) is 11.0 Å². The van der Waals surface area contributed by atoms with Crippen molar-refractivity contribution in [3.63, 3.8) is 0 Å². The van der Waals surface area contributed by atoms with E-state index in [1.54, 1.807) is 24.4 Å². The van der Waals surface area contributed by atoms with Gasteiger partial charge in [-0.3, -0.25) is 9.40 Å². The molecule has 10 nitrogen and oxygen atoms in total. The molecule has 1 N–H and O–H groups in total. The molecule has 0 radical (unpaired) electrons. The highest BCUT2D eigenvalue weighted by molar-refractivity contribution is 7.93. The number of sulfonamides is 1. The Morgan fingerprint density at radius 3 is 2.31 bits per heavy atom. The molecule has 2 aromatic heterocycles. The van der Waals surface area contributed by atoms with Crippen LogP contribution in [0.15, 0.2) is 52.0 Å². The zero-order valence-electron chi connectivity index (χ0n) is 17.9. The normalized spacial score (nSPS) is 11.5. The molecule has 0 spiro atoms. The number of methoxy groups -OCH3 is 3. The molecule has 4 rings (SSSR count). The van der Waals surface area contributed by atoms with Crippen LogP contribution in [0.3, 0.4) is 0 Å². The van der Waals surface area contributed by atoms with Gasteiger partial charge in [0, 0.05) is 11.9 Å².